The second-order valence-corrected chi connectivity index (χ2v) is 6.23. The van der Waals surface area contributed by atoms with Crippen LogP contribution in [-0.2, 0) is 10.0 Å². The summed E-state index contributed by atoms with van der Waals surface area (Å²) < 4.78 is 27.0. The average molecular weight is 311 g/mol. The highest BCUT2D eigenvalue weighted by atomic mass is 35.5. The predicted octanol–water partition coefficient (Wildman–Crippen LogP) is 2.35. The fourth-order valence-electron chi connectivity index (χ4n) is 1.68. The van der Waals surface area contributed by atoms with E-state index < -0.39 is 10.0 Å². The molecular weight excluding hydrogens is 300 g/mol. The second kappa shape index (κ2) is 5.15. The zero-order chi connectivity index (χ0) is 14.9. The van der Waals surface area contributed by atoms with Crippen LogP contribution in [0.3, 0.4) is 0 Å². The van der Waals surface area contributed by atoms with Crippen molar-refractivity contribution in [1.82, 2.24) is 10.2 Å². The van der Waals surface area contributed by atoms with Gasteiger partial charge in [-0.05, 0) is 32.0 Å². The molecule has 0 radical (unpaired) electrons. The Kier molecular flexibility index (Phi) is 3.70. The molecule has 2 aromatic rings. The number of aromatic nitrogens is 2. The number of benzene rings is 1. The topological polar surface area (TPSA) is 98.6 Å². The van der Waals surface area contributed by atoms with E-state index in [4.69, 9.17) is 16.9 Å². The molecule has 1 aromatic heterocycles. The number of H-pyrrole nitrogens is 1. The number of nitrogens with one attached hydrogen (secondary N) is 2. The van der Waals surface area contributed by atoms with Gasteiger partial charge < -0.3 is 0 Å². The van der Waals surface area contributed by atoms with Gasteiger partial charge in [-0.15, -0.1) is 0 Å². The first-order valence-corrected chi connectivity index (χ1v) is 7.45. The van der Waals surface area contributed by atoms with Crippen molar-refractivity contribution in [3.63, 3.8) is 0 Å². The summed E-state index contributed by atoms with van der Waals surface area (Å²) in [5, 5.41) is 15.4. The van der Waals surface area contributed by atoms with E-state index in [1.165, 1.54) is 18.2 Å². The fraction of sp³-hybridized carbons (Fsp3) is 0.167. The van der Waals surface area contributed by atoms with E-state index in [0.717, 1.165) is 0 Å². The summed E-state index contributed by atoms with van der Waals surface area (Å²) in [6.07, 6.45) is 0. The lowest BCUT2D eigenvalue weighted by molar-refractivity contribution is 0.601. The molecule has 0 aliphatic heterocycles. The van der Waals surface area contributed by atoms with Gasteiger partial charge in [0.15, 0.2) is 0 Å². The van der Waals surface area contributed by atoms with E-state index in [1.54, 1.807) is 13.8 Å². The molecule has 0 unspecified atom stereocenters. The minimum atomic E-state index is -3.84. The molecule has 0 aliphatic rings. The maximum atomic E-state index is 12.3. The molecule has 1 heterocycles. The van der Waals surface area contributed by atoms with E-state index >= 15 is 0 Å². The molecule has 0 fully saturated rings. The van der Waals surface area contributed by atoms with Crippen LogP contribution < -0.4 is 4.72 Å². The molecule has 104 valence electrons. The van der Waals surface area contributed by atoms with Crippen molar-refractivity contribution in [3.05, 3.63) is 40.2 Å². The Labute approximate surface area is 121 Å². The molecule has 8 heteroatoms. The van der Waals surface area contributed by atoms with Gasteiger partial charge in [-0.3, -0.25) is 9.82 Å². The molecule has 0 spiro atoms. The van der Waals surface area contributed by atoms with Crippen molar-refractivity contribution >= 4 is 27.3 Å². The molecule has 6 nitrogen and oxygen atoms in total. The minimum Gasteiger partial charge on any atom is -0.280 e. The fourth-order valence-corrected chi connectivity index (χ4v) is 3.41. The van der Waals surface area contributed by atoms with E-state index in [9.17, 15) is 8.42 Å². The summed E-state index contributed by atoms with van der Waals surface area (Å²) in [6.45, 7) is 3.39. The Morgan fingerprint density at radius 2 is 2.10 bits per heavy atom. The molecule has 0 saturated heterocycles. The van der Waals surface area contributed by atoms with Crippen molar-refractivity contribution in [2.24, 2.45) is 0 Å². The van der Waals surface area contributed by atoms with Crippen LogP contribution in [0.25, 0.3) is 0 Å². The van der Waals surface area contributed by atoms with Crippen molar-refractivity contribution < 1.29 is 8.42 Å². The zero-order valence-corrected chi connectivity index (χ0v) is 12.3. The molecule has 0 atom stereocenters. The number of anilines is 1. The third-order valence-electron chi connectivity index (χ3n) is 2.72. The molecule has 2 N–H and O–H groups in total. The highest BCUT2D eigenvalue weighted by Gasteiger charge is 2.21. The van der Waals surface area contributed by atoms with Gasteiger partial charge in [0.2, 0.25) is 0 Å². The Bertz CT molecular complexity index is 786. The van der Waals surface area contributed by atoms with E-state index in [0.29, 0.717) is 22.6 Å². The van der Waals surface area contributed by atoms with Crippen LogP contribution in [0.1, 0.15) is 17.0 Å². The summed E-state index contributed by atoms with van der Waals surface area (Å²) in [7, 11) is -3.84. The number of hydrogen-bond acceptors (Lipinski definition) is 4. The van der Waals surface area contributed by atoms with Crippen LogP contribution in [0.2, 0.25) is 5.02 Å². The highest BCUT2D eigenvalue weighted by molar-refractivity contribution is 7.92. The van der Waals surface area contributed by atoms with Crippen molar-refractivity contribution in [2.75, 3.05) is 4.72 Å². The highest BCUT2D eigenvalue weighted by Crippen LogP contribution is 2.26. The van der Waals surface area contributed by atoms with Gasteiger partial charge in [0.1, 0.15) is 4.90 Å². The number of sulfonamides is 1. The van der Waals surface area contributed by atoms with Crippen molar-refractivity contribution in [3.8, 4) is 6.07 Å². The first-order valence-electron chi connectivity index (χ1n) is 5.59. The summed E-state index contributed by atoms with van der Waals surface area (Å²) in [4.78, 5) is -0.0850. The average Bonchev–Trinajstić information content (AvgIpc) is 2.69. The normalized spacial score (nSPS) is 11.1. The second-order valence-electron chi connectivity index (χ2n) is 4.17. The number of nitrogens with zero attached hydrogens (tertiary/aromatic N) is 2. The van der Waals surface area contributed by atoms with Crippen LogP contribution in [-0.4, -0.2) is 18.6 Å². The maximum Gasteiger partial charge on any atom is 0.263 e. The van der Waals surface area contributed by atoms with Crippen LogP contribution in [0.4, 0.5) is 5.69 Å². The van der Waals surface area contributed by atoms with Gasteiger partial charge in [-0.25, -0.2) is 8.42 Å². The predicted molar refractivity (Wildman–Crippen MR) is 75.0 cm³/mol. The molecular formula is C12H11ClN4O2S. The number of halogens is 1. The molecule has 20 heavy (non-hydrogen) atoms. The molecule has 1 aromatic carbocycles. The first kappa shape index (κ1) is 14.4. The number of hydrogen-bond donors (Lipinski definition) is 2. The minimum absolute atomic E-state index is 0.00430. The van der Waals surface area contributed by atoms with Gasteiger partial charge in [-0.1, -0.05) is 11.6 Å². The lowest BCUT2D eigenvalue weighted by Crippen LogP contribution is -2.14. The monoisotopic (exact) mass is 310 g/mol. The molecule has 0 saturated carbocycles. The summed E-state index contributed by atoms with van der Waals surface area (Å²) >= 11 is 5.92. The summed E-state index contributed by atoms with van der Waals surface area (Å²) in [5.74, 6) is 0. The van der Waals surface area contributed by atoms with E-state index in [1.807, 2.05) is 6.07 Å². The van der Waals surface area contributed by atoms with Crippen LogP contribution in [0, 0.1) is 25.2 Å². The standard InChI is InChI=1S/C12H11ClN4O2S/c1-7-12(8(2)16-15-7)17-20(18,19)11-4-3-9(6-14)5-10(11)13/h3-5,17H,1-2H3,(H,15,16). The summed E-state index contributed by atoms with van der Waals surface area (Å²) in [5.41, 5.74) is 1.83. The lowest BCUT2D eigenvalue weighted by atomic mass is 10.2. The lowest BCUT2D eigenvalue weighted by Gasteiger charge is -2.09. The molecule has 2 rings (SSSR count). The quantitative estimate of drug-likeness (QED) is 0.909. The maximum absolute atomic E-state index is 12.3. The third kappa shape index (κ3) is 2.61. The molecule has 0 aliphatic carbocycles. The SMILES string of the molecule is Cc1n[nH]c(C)c1NS(=O)(=O)c1ccc(C#N)cc1Cl. The Morgan fingerprint density at radius 3 is 2.60 bits per heavy atom. The van der Waals surface area contributed by atoms with E-state index in [-0.39, 0.29) is 9.92 Å². The number of aromatic amines is 1. The zero-order valence-electron chi connectivity index (χ0n) is 10.7. The largest absolute Gasteiger partial charge is 0.280 e. The van der Waals surface area contributed by atoms with Crippen LogP contribution >= 0.6 is 11.6 Å². The van der Waals surface area contributed by atoms with Crippen LogP contribution in [0.5, 0.6) is 0 Å². The van der Waals surface area contributed by atoms with Gasteiger partial charge >= 0.3 is 0 Å². The van der Waals surface area contributed by atoms with Crippen molar-refractivity contribution in [2.45, 2.75) is 18.7 Å². The number of nitriles is 1. The summed E-state index contributed by atoms with van der Waals surface area (Å²) in [6, 6.07) is 5.90. The smallest absolute Gasteiger partial charge is 0.263 e. The van der Waals surface area contributed by atoms with Gasteiger partial charge in [0.05, 0.1) is 33.7 Å². The Morgan fingerprint density at radius 1 is 1.40 bits per heavy atom. The Hall–Kier alpha value is -2.04. The molecule has 0 bridgehead atoms. The Balaban J connectivity index is 2.44. The first-order chi connectivity index (χ1) is 9.35. The van der Waals surface area contributed by atoms with Gasteiger partial charge in [0.25, 0.3) is 10.0 Å². The van der Waals surface area contributed by atoms with Crippen molar-refractivity contribution in [1.29, 1.82) is 5.26 Å². The van der Waals surface area contributed by atoms with Crippen LogP contribution in [0.15, 0.2) is 23.1 Å². The third-order valence-corrected chi connectivity index (χ3v) is 4.55. The number of aryl methyl sites for hydroxylation is 2. The molecule has 0 amide bonds. The number of rotatable bonds is 3. The van der Waals surface area contributed by atoms with E-state index in [2.05, 4.69) is 14.9 Å². The van der Waals surface area contributed by atoms with Gasteiger partial charge in [-0.2, -0.15) is 10.4 Å². The van der Waals surface area contributed by atoms with Gasteiger partial charge in [0, 0.05) is 0 Å².